The predicted octanol–water partition coefficient (Wildman–Crippen LogP) is 1.77. The molecule has 1 N–H and O–H groups in total. The molecule has 1 aromatic rings. The van der Waals surface area contributed by atoms with Crippen molar-refractivity contribution >= 4 is 11.6 Å². The van der Waals surface area contributed by atoms with Gasteiger partial charge in [0.25, 0.3) is 0 Å². The van der Waals surface area contributed by atoms with Crippen molar-refractivity contribution < 1.29 is 5.11 Å². The van der Waals surface area contributed by atoms with Crippen LogP contribution in [0, 0.1) is 6.92 Å². The maximum Gasteiger partial charge on any atom is 0.0848 e. The number of rotatable bonds is 2. The number of halogens is 1. The fourth-order valence-electron chi connectivity index (χ4n) is 2.67. The van der Waals surface area contributed by atoms with Crippen LogP contribution in [0.3, 0.4) is 0 Å². The molecule has 1 unspecified atom stereocenters. The van der Waals surface area contributed by atoms with Gasteiger partial charge in [-0.3, -0.25) is 4.68 Å². The first-order chi connectivity index (χ1) is 8.41. The van der Waals surface area contributed by atoms with Gasteiger partial charge in [0.2, 0.25) is 0 Å². The number of likely N-dealkylation sites (tertiary alicyclic amines) is 1. The molecule has 0 aliphatic carbocycles. The molecule has 102 valence electrons. The summed E-state index contributed by atoms with van der Waals surface area (Å²) in [5.41, 5.74) is 1.14. The Kier molecular flexibility index (Phi) is 3.99. The zero-order chi connectivity index (χ0) is 13.3. The Hall–Kier alpha value is -0.580. The van der Waals surface area contributed by atoms with E-state index in [4.69, 9.17) is 11.6 Å². The molecular formula is C13H22ClN3O. The first-order valence-electron chi connectivity index (χ1n) is 6.50. The molecule has 1 atom stereocenters. The third-order valence-corrected chi connectivity index (χ3v) is 4.39. The molecule has 0 bridgehead atoms. The molecule has 4 nitrogen and oxygen atoms in total. The van der Waals surface area contributed by atoms with Crippen molar-refractivity contribution in [1.29, 1.82) is 0 Å². The van der Waals surface area contributed by atoms with Crippen molar-refractivity contribution in [3.05, 3.63) is 16.4 Å². The van der Waals surface area contributed by atoms with Crippen LogP contribution in [-0.4, -0.2) is 45.5 Å². The third-order valence-electron chi connectivity index (χ3n) is 3.90. The van der Waals surface area contributed by atoms with E-state index in [1.807, 2.05) is 14.0 Å². The lowest BCUT2D eigenvalue weighted by atomic mass is 9.89. The highest BCUT2D eigenvalue weighted by molar-refractivity contribution is 6.31. The largest absolute Gasteiger partial charge is 0.389 e. The zero-order valence-corrected chi connectivity index (χ0v) is 12.2. The van der Waals surface area contributed by atoms with E-state index in [1.165, 1.54) is 0 Å². The first-order valence-corrected chi connectivity index (χ1v) is 6.88. The van der Waals surface area contributed by atoms with Crippen LogP contribution in [0.1, 0.15) is 30.7 Å². The molecule has 0 saturated carbocycles. The van der Waals surface area contributed by atoms with E-state index in [1.54, 1.807) is 4.68 Å². The SMILES string of the molecule is Cc1nn(C)c(CC2(O)CCCN(C)CC2)c1Cl. The van der Waals surface area contributed by atoms with Crippen molar-refractivity contribution in [3.8, 4) is 0 Å². The second kappa shape index (κ2) is 5.19. The van der Waals surface area contributed by atoms with E-state index in [-0.39, 0.29) is 0 Å². The molecule has 1 aromatic heterocycles. The van der Waals surface area contributed by atoms with Crippen LogP contribution in [0.4, 0.5) is 0 Å². The normalized spacial score (nSPS) is 26.3. The highest BCUT2D eigenvalue weighted by Crippen LogP contribution is 2.30. The Balaban J connectivity index is 2.16. The lowest BCUT2D eigenvalue weighted by Gasteiger charge is -2.26. The Morgan fingerprint density at radius 2 is 2.06 bits per heavy atom. The van der Waals surface area contributed by atoms with Gasteiger partial charge in [-0.25, -0.2) is 0 Å². The molecule has 5 heteroatoms. The summed E-state index contributed by atoms with van der Waals surface area (Å²) in [5, 5.41) is 15.8. The minimum Gasteiger partial charge on any atom is -0.389 e. The molecule has 0 amide bonds. The van der Waals surface area contributed by atoms with Crippen LogP contribution in [0.5, 0.6) is 0 Å². The highest BCUT2D eigenvalue weighted by atomic mass is 35.5. The number of aromatic nitrogens is 2. The van der Waals surface area contributed by atoms with Gasteiger partial charge in [-0.15, -0.1) is 0 Å². The standard InChI is InChI=1S/C13H22ClN3O/c1-10-12(14)11(17(3)15-10)9-13(18)5-4-7-16(2)8-6-13/h18H,4-9H2,1-3H3. The smallest absolute Gasteiger partial charge is 0.0848 e. The van der Waals surface area contributed by atoms with Crippen LogP contribution in [0.2, 0.25) is 5.02 Å². The van der Waals surface area contributed by atoms with Gasteiger partial charge < -0.3 is 10.0 Å². The van der Waals surface area contributed by atoms with Gasteiger partial charge in [0.05, 0.1) is 22.0 Å². The van der Waals surface area contributed by atoms with Crippen molar-refractivity contribution in [2.24, 2.45) is 7.05 Å². The summed E-state index contributed by atoms with van der Waals surface area (Å²) in [4.78, 5) is 2.27. The number of nitrogens with zero attached hydrogens (tertiary/aromatic N) is 3. The average Bonchev–Trinajstić information content (AvgIpc) is 2.48. The van der Waals surface area contributed by atoms with E-state index >= 15 is 0 Å². The second-order valence-electron chi connectivity index (χ2n) is 5.53. The van der Waals surface area contributed by atoms with Crippen molar-refractivity contribution in [3.63, 3.8) is 0 Å². The minimum absolute atomic E-state index is 0.594. The Morgan fingerprint density at radius 1 is 1.33 bits per heavy atom. The molecule has 1 aliphatic heterocycles. The fraction of sp³-hybridized carbons (Fsp3) is 0.769. The maximum absolute atomic E-state index is 10.8. The molecule has 2 rings (SSSR count). The summed E-state index contributed by atoms with van der Waals surface area (Å²) in [7, 11) is 3.99. The van der Waals surface area contributed by atoms with Crippen LogP contribution in [0.15, 0.2) is 0 Å². The zero-order valence-electron chi connectivity index (χ0n) is 11.4. The highest BCUT2D eigenvalue weighted by Gasteiger charge is 2.31. The molecular weight excluding hydrogens is 250 g/mol. The summed E-state index contributed by atoms with van der Waals surface area (Å²) in [6.07, 6.45) is 3.25. The number of hydrogen-bond acceptors (Lipinski definition) is 3. The van der Waals surface area contributed by atoms with E-state index in [9.17, 15) is 5.11 Å². The number of aliphatic hydroxyl groups is 1. The van der Waals surface area contributed by atoms with Gasteiger partial charge in [0, 0.05) is 20.0 Å². The molecule has 1 fully saturated rings. The van der Waals surface area contributed by atoms with Gasteiger partial charge in [0.1, 0.15) is 0 Å². The number of aryl methyl sites for hydroxylation is 2. The molecule has 0 radical (unpaired) electrons. The van der Waals surface area contributed by atoms with Crippen LogP contribution >= 0.6 is 11.6 Å². The maximum atomic E-state index is 10.8. The summed E-state index contributed by atoms with van der Waals surface area (Å²) in [5.74, 6) is 0. The first kappa shape index (κ1) is 13.8. The van der Waals surface area contributed by atoms with Gasteiger partial charge >= 0.3 is 0 Å². The molecule has 2 heterocycles. The Bertz CT molecular complexity index is 432. The Morgan fingerprint density at radius 3 is 2.67 bits per heavy atom. The average molecular weight is 272 g/mol. The molecule has 0 spiro atoms. The quantitative estimate of drug-likeness (QED) is 0.891. The summed E-state index contributed by atoms with van der Waals surface area (Å²) in [6, 6.07) is 0. The van der Waals surface area contributed by atoms with E-state index in [2.05, 4.69) is 17.0 Å². The van der Waals surface area contributed by atoms with Gasteiger partial charge in [-0.2, -0.15) is 5.10 Å². The van der Waals surface area contributed by atoms with Crippen molar-refractivity contribution in [1.82, 2.24) is 14.7 Å². The van der Waals surface area contributed by atoms with E-state index < -0.39 is 5.60 Å². The number of hydrogen-bond donors (Lipinski definition) is 1. The molecule has 1 saturated heterocycles. The lowest BCUT2D eigenvalue weighted by Crippen LogP contribution is -2.33. The van der Waals surface area contributed by atoms with Gasteiger partial charge in [-0.05, 0) is 39.8 Å². The minimum atomic E-state index is -0.644. The summed E-state index contributed by atoms with van der Waals surface area (Å²) < 4.78 is 1.80. The third kappa shape index (κ3) is 2.87. The summed E-state index contributed by atoms with van der Waals surface area (Å²) >= 11 is 6.26. The van der Waals surface area contributed by atoms with Crippen LogP contribution < -0.4 is 0 Å². The summed E-state index contributed by atoms with van der Waals surface area (Å²) in [6.45, 7) is 3.89. The molecule has 1 aliphatic rings. The van der Waals surface area contributed by atoms with Crippen molar-refractivity contribution in [2.45, 2.75) is 38.2 Å². The fourth-order valence-corrected chi connectivity index (χ4v) is 2.90. The van der Waals surface area contributed by atoms with E-state index in [0.29, 0.717) is 11.4 Å². The molecule has 18 heavy (non-hydrogen) atoms. The second-order valence-corrected chi connectivity index (χ2v) is 5.91. The van der Waals surface area contributed by atoms with Crippen LogP contribution in [-0.2, 0) is 13.5 Å². The topological polar surface area (TPSA) is 41.3 Å². The van der Waals surface area contributed by atoms with E-state index in [0.717, 1.165) is 43.7 Å². The van der Waals surface area contributed by atoms with Gasteiger partial charge in [-0.1, -0.05) is 11.6 Å². The monoisotopic (exact) mass is 271 g/mol. The lowest BCUT2D eigenvalue weighted by molar-refractivity contribution is 0.0246. The molecule has 0 aromatic carbocycles. The predicted molar refractivity (Wildman–Crippen MR) is 73.0 cm³/mol. The van der Waals surface area contributed by atoms with Crippen LogP contribution in [0.25, 0.3) is 0 Å². The van der Waals surface area contributed by atoms with Crippen molar-refractivity contribution in [2.75, 3.05) is 20.1 Å². The Labute approximate surface area is 114 Å². The van der Waals surface area contributed by atoms with Gasteiger partial charge in [0.15, 0.2) is 0 Å².